The average molecular weight is 261 g/mol. The molecule has 1 unspecified atom stereocenters. The highest BCUT2D eigenvalue weighted by Gasteiger charge is 2.37. The Balaban J connectivity index is 2.08. The molecular formula is C17H27NO. The first kappa shape index (κ1) is 14.5. The van der Waals surface area contributed by atoms with Gasteiger partial charge in [0.05, 0.1) is 6.10 Å². The van der Waals surface area contributed by atoms with Crippen molar-refractivity contribution in [3.05, 3.63) is 35.4 Å². The van der Waals surface area contributed by atoms with Crippen molar-refractivity contribution in [2.45, 2.75) is 64.6 Å². The molecule has 1 atom stereocenters. The molecule has 1 aliphatic rings. The highest BCUT2D eigenvalue weighted by Crippen LogP contribution is 2.30. The van der Waals surface area contributed by atoms with Crippen LogP contribution in [-0.4, -0.2) is 28.2 Å². The molecule has 106 valence electrons. The van der Waals surface area contributed by atoms with Gasteiger partial charge in [-0.25, -0.2) is 0 Å². The number of likely N-dealkylation sites (tertiary alicyclic amines) is 1. The maximum atomic E-state index is 9.82. The molecule has 1 N–H and O–H groups in total. The number of hydrogen-bond acceptors (Lipinski definition) is 2. The summed E-state index contributed by atoms with van der Waals surface area (Å²) < 4.78 is 0. The van der Waals surface area contributed by atoms with E-state index >= 15 is 0 Å². The lowest BCUT2D eigenvalue weighted by Gasteiger charge is -2.31. The zero-order valence-corrected chi connectivity index (χ0v) is 12.9. The Labute approximate surface area is 117 Å². The maximum Gasteiger partial charge on any atom is 0.0684 e. The molecule has 1 aliphatic heterocycles. The van der Waals surface area contributed by atoms with Crippen LogP contribution in [0.4, 0.5) is 0 Å². The molecule has 1 fully saturated rings. The zero-order chi connectivity index (χ0) is 14.3. The van der Waals surface area contributed by atoms with Gasteiger partial charge < -0.3 is 5.11 Å². The highest BCUT2D eigenvalue weighted by atomic mass is 16.3. The van der Waals surface area contributed by atoms with Gasteiger partial charge in [-0.3, -0.25) is 4.90 Å². The summed E-state index contributed by atoms with van der Waals surface area (Å²) >= 11 is 0. The van der Waals surface area contributed by atoms with Crippen molar-refractivity contribution in [3.63, 3.8) is 0 Å². The Kier molecular flexibility index (Phi) is 3.76. The molecule has 0 bridgehead atoms. The van der Waals surface area contributed by atoms with Crippen molar-refractivity contribution in [3.8, 4) is 0 Å². The smallest absolute Gasteiger partial charge is 0.0684 e. The summed E-state index contributed by atoms with van der Waals surface area (Å²) in [7, 11) is 0. The summed E-state index contributed by atoms with van der Waals surface area (Å²) in [4.78, 5) is 2.38. The molecule has 0 radical (unpaired) electrons. The van der Waals surface area contributed by atoms with E-state index < -0.39 is 0 Å². The molecular weight excluding hydrogens is 234 g/mol. The minimum absolute atomic E-state index is 0.0993. The number of benzene rings is 1. The van der Waals surface area contributed by atoms with Crippen LogP contribution < -0.4 is 0 Å². The van der Waals surface area contributed by atoms with Crippen LogP contribution in [-0.2, 0) is 12.0 Å². The third-order valence-corrected chi connectivity index (χ3v) is 4.22. The Bertz CT molecular complexity index is 428. The van der Waals surface area contributed by atoms with E-state index in [1.807, 2.05) is 0 Å². The second-order valence-electron chi connectivity index (χ2n) is 7.50. The summed E-state index contributed by atoms with van der Waals surface area (Å²) in [5.74, 6) is 0. The standard InChI is InChI=1S/C17H27NO/c1-16(2,3)14-8-6-13(7-9-14)11-18-12-15(19)10-17(18,4)5/h6-9,15,19H,10-12H2,1-5H3. The van der Waals surface area contributed by atoms with Gasteiger partial charge in [-0.1, -0.05) is 45.0 Å². The van der Waals surface area contributed by atoms with Crippen molar-refractivity contribution in [2.75, 3.05) is 6.54 Å². The average Bonchev–Trinajstić information content (AvgIpc) is 2.51. The monoisotopic (exact) mass is 261 g/mol. The summed E-state index contributed by atoms with van der Waals surface area (Å²) in [6, 6.07) is 8.91. The van der Waals surface area contributed by atoms with Crippen LogP contribution in [0.25, 0.3) is 0 Å². The summed E-state index contributed by atoms with van der Waals surface area (Å²) in [6.45, 7) is 12.9. The zero-order valence-electron chi connectivity index (χ0n) is 12.9. The molecule has 1 saturated heterocycles. The normalized spacial score (nSPS) is 23.8. The molecule has 19 heavy (non-hydrogen) atoms. The lowest BCUT2D eigenvalue weighted by atomic mass is 9.86. The number of aliphatic hydroxyl groups is 1. The minimum atomic E-state index is -0.177. The summed E-state index contributed by atoms with van der Waals surface area (Å²) in [5.41, 5.74) is 3.01. The fourth-order valence-corrected chi connectivity index (χ4v) is 2.88. The second kappa shape index (κ2) is 4.92. The highest BCUT2D eigenvalue weighted by molar-refractivity contribution is 5.27. The molecule has 0 saturated carbocycles. The van der Waals surface area contributed by atoms with Crippen molar-refractivity contribution in [1.82, 2.24) is 4.90 Å². The van der Waals surface area contributed by atoms with Crippen molar-refractivity contribution < 1.29 is 5.11 Å². The first-order valence-electron chi connectivity index (χ1n) is 7.21. The molecule has 1 aromatic carbocycles. The number of β-amino-alcohol motifs (C(OH)–C–C–N with tert-alkyl or cyclic N) is 1. The number of nitrogens with zero attached hydrogens (tertiary/aromatic N) is 1. The van der Waals surface area contributed by atoms with Gasteiger partial charge in [0, 0.05) is 18.6 Å². The first-order chi connectivity index (χ1) is 8.68. The van der Waals surface area contributed by atoms with E-state index in [1.54, 1.807) is 0 Å². The molecule has 2 rings (SSSR count). The first-order valence-corrected chi connectivity index (χ1v) is 7.21. The SMILES string of the molecule is CC(C)(C)c1ccc(CN2CC(O)CC2(C)C)cc1. The topological polar surface area (TPSA) is 23.5 Å². The van der Waals surface area contributed by atoms with Crippen LogP contribution in [0, 0.1) is 0 Å². The van der Waals surface area contributed by atoms with Gasteiger partial charge in [0.25, 0.3) is 0 Å². The van der Waals surface area contributed by atoms with Gasteiger partial charge in [-0.15, -0.1) is 0 Å². The van der Waals surface area contributed by atoms with E-state index in [4.69, 9.17) is 0 Å². The Morgan fingerprint density at radius 2 is 1.79 bits per heavy atom. The van der Waals surface area contributed by atoms with E-state index in [0.29, 0.717) is 0 Å². The largest absolute Gasteiger partial charge is 0.392 e. The van der Waals surface area contributed by atoms with Gasteiger partial charge in [0.1, 0.15) is 0 Å². The van der Waals surface area contributed by atoms with E-state index in [9.17, 15) is 5.11 Å². The summed E-state index contributed by atoms with van der Waals surface area (Å²) in [6.07, 6.45) is 0.691. The number of hydrogen-bond donors (Lipinski definition) is 1. The Morgan fingerprint density at radius 1 is 1.21 bits per heavy atom. The van der Waals surface area contributed by atoms with Gasteiger partial charge in [-0.05, 0) is 36.8 Å². The lowest BCUT2D eigenvalue weighted by Crippen LogP contribution is -2.37. The van der Waals surface area contributed by atoms with Crippen molar-refractivity contribution in [1.29, 1.82) is 0 Å². The van der Waals surface area contributed by atoms with Crippen LogP contribution >= 0.6 is 0 Å². The van der Waals surface area contributed by atoms with E-state index in [1.165, 1.54) is 11.1 Å². The molecule has 1 aromatic rings. The van der Waals surface area contributed by atoms with E-state index in [0.717, 1.165) is 19.5 Å². The second-order valence-corrected chi connectivity index (χ2v) is 7.50. The van der Waals surface area contributed by atoms with Gasteiger partial charge in [0.2, 0.25) is 0 Å². The predicted molar refractivity (Wildman–Crippen MR) is 80.3 cm³/mol. The molecule has 1 heterocycles. The fourth-order valence-electron chi connectivity index (χ4n) is 2.88. The molecule has 0 amide bonds. The Hall–Kier alpha value is -0.860. The van der Waals surface area contributed by atoms with Crippen LogP contribution in [0.2, 0.25) is 0 Å². The maximum absolute atomic E-state index is 9.82. The Morgan fingerprint density at radius 3 is 2.21 bits per heavy atom. The quantitative estimate of drug-likeness (QED) is 0.882. The molecule has 0 aromatic heterocycles. The van der Waals surface area contributed by atoms with E-state index in [-0.39, 0.29) is 17.1 Å². The predicted octanol–water partition coefficient (Wildman–Crippen LogP) is 3.33. The van der Waals surface area contributed by atoms with Crippen LogP contribution in [0.5, 0.6) is 0 Å². The summed E-state index contributed by atoms with van der Waals surface area (Å²) in [5, 5.41) is 9.82. The third kappa shape index (κ3) is 3.37. The van der Waals surface area contributed by atoms with Crippen molar-refractivity contribution in [2.24, 2.45) is 0 Å². The number of rotatable bonds is 2. The van der Waals surface area contributed by atoms with Gasteiger partial charge in [-0.2, -0.15) is 0 Å². The third-order valence-electron chi connectivity index (χ3n) is 4.22. The molecule has 2 nitrogen and oxygen atoms in total. The van der Waals surface area contributed by atoms with Crippen LogP contribution in [0.3, 0.4) is 0 Å². The van der Waals surface area contributed by atoms with Gasteiger partial charge >= 0.3 is 0 Å². The lowest BCUT2D eigenvalue weighted by molar-refractivity contribution is 0.156. The van der Waals surface area contributed by atoms with Crippen LogP contribution in [0.1, 0.15) is 52.2 Å². The fraction of sp³-hybridized carbons (Fsp3) is 0.647. The van der Waals surface area contributed by atoms with Crippen LogP contribution in [0.15, 0.2) is 24.3 Å². The molecule has 0 spiro atoms. The van der Waals surface area contributed by atoms with E-state index in [2.05, 4.69) is 63.8 Å². The van der Waals surface area contributed by atoms with Gasteiger partial charge in [0.15, 0.2) is 0 Å². The molecule has 2 heteroatoms. The number of aliphatic hydroxyl groups excluding tert-OH is 1. The van der Waals surface area contributed by atoms with Crippen molar-refractivity contribution >= 4 is 0 Å². The molecule has 0 aliphatic carbocycles. The minimum Gasteiger partial charge on any atom is -0.392 e.